The first-order valence-corrected chi connectivity index (χ1v) is 10.5. The molecule has 0 unspecified atom stereocenters. The van der Waals surface area contributed by atoms with E-state index in [0.29, 0.717) is 17.0 Å². The number of fused-ring (bicyclic) bond motifs is 1. The Morgan fingerprint density at radius 2 is 1.84 bits per heavy atom. The highest BCUT2D eigenvalue weighted by atomic mass is 32.2. The van der Waals surface area contributed by atoms with Crippen molar-refractivity contribution >= 4 is 21.5 Å². The van der Waals surface area contributed by atoms with Gasteiger partial charge in [0.05, 0.1) is 23.4 Å². The number of hydrogen-bond donors (Lipinski definition) is 1. The number of rotatable bonds is 6. The molecule has 0 atom stereocenters. The van der Waals surface area contributed by atoms with Crippen molar-refractivity contribution < 1.29 is 31.1 Å². The van der Waals surface area contributed by atoms with Gasteiger partial charge in [0, 0.05) is 24.2 Å². The molecule has 0 saturated heterocycles. The molecule has 4 rings (SSSR count). The molecule has 8 nitrogen and oxygen atoms in total. The van der Waals surface area contributed by atoms with Crippen molar-refractivity contribution in [2.24, 2.45) is 0 Å². The molecule has 1 N–H and O–H groups in total. The van der Waals surface area contributed by atoms with E-state index in [1.807, 2.05) is 0 Å². The summed E-state index contributed by atoms with van der Waals surface area (Å²) in [6.07, 6.45) is 0.241. The summed E-state index contributed by atoms with van der Waals surface area (Å²) in [6.45, 7) is 0. The third kappa shape index (κ3) is 4.59. The number of ether oxygens (including phenoxy) is 2. The van der Waals surface area contributed by atoms with Crippen LogP contribution < -0.4 is 14.2 Å². The second-order valence-corrected chi connectivity index (χ2v) is 8.18. The maximum atomic E-state index is 12.8. The molecule has 0 saturated carbocycles. The molecule has 2 aromatic heterocycles. The van der Waals surface area contributed by atoms with E-state index in [9.17, 15) is 21.6 Å². The first-order chi connectivity index (χ1) is 15.1. The maximum Gasteiger partial charge on any atom is 0.573 e. The fourth-order valence-electron chi connectivity index (χ4n) is 2.94. The minimum absolute atomic E-state index is 0.130. The Bertz CT molecular complexity index is 1340. The van der Waals surface area contributed by atoms with Gasteiger partial charge in [-0.1, -0.05) is 0 Å². The molecular formula is C20H15F3N4O4S. The van der Waals surface area contributed by atoms with Gasteiger partial charge in [-0.15, -0.1) is 13.2 Å². The van der Waals surface area contributed by atoms with Crippen molar-refractivity contribution in [3.8, 4) is 22.8 Å². The van der Waals surface area contributed by atoms with Crippen molar-refractivity contribution in [2.75, 3.05) is 11.8 Å². The van der Waals surface area contributed by atoms with E-state index >= 15 is 0 Å². The summed E-state index contributed by atoms with van der Waals surface area (Å²) in [4.78, 5) is 8.29. The summed E-state index contributed by atoms with van der Waals surface area (Å²) in [5.41, 5.74) is 1.29. The Balaban J connectivity index is 1.64. The topological polar surface area (TPSA) is 94.8 Å². The van der Waals surface area contributed by atoms with Crippen molar-refractivity contribution in [1.82, 2.24) is 14.4 Å². The number of nitrogens with one attached hydrogen (secondary N) is 1. The predicted molar refractivity (Wildman–Crippen MR) is 109 cm³/mol. The van der Waals surface area contributed by atoms with Crippen LogP contribution in [0.25, 0.3) is 17.0 Å². The molecular weight excluding hydrogens is 449 g/mol. The molecule has 0 aliphatic heterocycles. The molecule has 2 aromatic carbocycles. The number of aromatic nitrogens is 3. The number of alkyl halides is 3. The molecule has 0 aliphatic carbocycles. The lowest BCUT2D eigenvalue weighted by atomic mass is 10.1. The van der Waals surface area contributed by atoms with E-state index in [0.717, 1.165) is 24.3 Å². The number of benzene rings is 2. The van der Waals surface area contributed by atoms with Crippen LogP contribution in [0.2, 0.25) is 0 Å². The van der Waals surface area contributed by atoms with E-state index in [4.69, 9.17) is 4.74 Å². The first kappa shape index (κ1) is 21.4. The van der Waals surface area contributed by atoms with Crippen LogP contribution in [0.15, 0.2) is 72.0 Å². The highest BCUT2D eigenvalue weighted by Crippen LogP contribution is 2.32. The van der Waals surface area contributed by atoms with Crippen LogP contribution in [0.3, 0.4) is 0 Å². The SMILES string of the molecule is COc1ccc(-c2cn3cccnc3n2)cc1NS(=O)(=O)c1ccc(OC(F)(F)F)cc1. The quantitative estimate of drug-likeness (QED) is 0.462. The predicted octanol–water partition coefficient (Wildman–Crippen LogP) is 4.10. The van der Waals surface area contributed by atoms with Gasteiger partial charge in [0.1, 0.15) is 11.5 Å². The van der Waals surface area contributed by atoms with E-state index in [2.05, 4.69) is 19.4 Å². The fraction of sp³-hybridized carbons (Fsp3) is 0.100. The van der Waals surface area contributed by atoms with Crippen molar-refractivity contribution in [3.63, 3.8) is 0 Å². The highest BCUT2D eigenvalue weighted by Gasteiger charge is 2.31. The van der Waals surface area contributed by atoms with Crippen LogP contribution in [0, 0.1) is 0 Å². The van der Waals surface area contributed by atoms with Crippen LogP contribution in [0.4, 0.5) is 18.9 Å². The molecule has 0 radical (unpaired) electrons. The van der Waals surface area contributed by atoms with Crippen molar-refractivity contribution in [1.29, 1.82) is 0 Å². The zero-order chi connectivity index (χ0) is 22.9. The number of imidazole rings is 1. The molecule has 166 valence electrons. The fourth-order valence-corrected chi connectivity index (χ4v) is 4.00. The average Bonchev–Trinajstić information content (AvgIpc) is 3.17. The molecule has 0 fully saturated rings. The number of hydrogen-bond acceptors (Lipinski definition) is 6. The van der Waals surface area contributed by atoms with Gasteiger partial charge in [-0.2, -0.15) is 0 Å². The summed E-state index contributed by atoms with van der Waals surface area (Å²) in [6, 6.07) is 10.4. The van der Waals surface area contributed by atoms with Crippen LogP contribution in [0.1, 0.15) is 0 Å². The lowest BCUT2D eigenvalue weighted by Gasteiger charge is -2.14. The van der Waals surface area contributed by atoms with Crippen LogP contribution in [0.5, 0.6) is 11.5 Å². The Hall–Kier alpha value is -3.80. The number of sulfonamides is 1. The van der Waals surface area contributed by atoms with Crippen LogP contribution >= 0.6 is 0 Å². The Morgan fingerprint density at radius 3 is 2.50 bits per heavy atom. The van der Waals surface area contributed by atoms with Gasteiger partial charge in [-0.25, -0.2) is 18.4 Å². The summed E-state index contributed by atoms with van der Waals surface area (Å²) >= 11 is 0. The first-order valence-electron chi connectivity index (χ1n) is 9.01. The second kappa shape index (κ2) is 8.04. The Morgan fingerprint density at radius 1 is 1.09 bits per heavy atom. The molecule has 0 amide bonds. The third-order valence-corrected chi connectivity index (χ3v) is 5.72. The van der Waals surface area contributed by atoms with Gasteiger partial charge in [-0.3, -0.25) is 9.12 Å². The number of methoxy groups -OCH3 is 1. The van der Waals surface area contributed by atoms with E-state index in [1.165, 1.54) is 7.11 Å². The summed E-state index contributed by atoms with van der Waals surface area (Å²) < 4.78 is 75.7. The lowest BCUT2D eigenvalue weighted by molar-refractivity contribution is -0.274. The van der Waals surface area contributed by atoms with E-state index in [-0.39, 0.29) is 16.3 Å². The van der Waals surface area contributed by atoms with Gasteiger partial charge in [-0.05, 0) is 48.5 Å². The Labute approximate surface area is 180 Å². The summed E-state index contributed by atoms with van der Waals surface area (Å²) in [5, 5.41) is 0. The molecule has 0 bridgehead atoms. The van der Waals surface area contributed by atoms with Gasteiger partial charge < -0.3 is 9.47 Å². The van der Waals surface area contributed by atoms with Crippen LogP contribution in [-0.4, -0.2) is 36.3 Å². The molecule has 12 heteroatoms. The van der Waals surface area contributed by atoms with E-state index < -0.39 is 22.1 Å². The minimum Gasteiger partial charge on any atom is -0.495 e. The van der Waals surface area contributed by atoms with E-state index in [1.54, 1.807) is 47.3 Å². The average molecular weight is 464 g/mol. The number of nitrogens with zero attached hydrogens (tertiary/aromatic N) is 3. The second-order valence-electron chi connectivity index (χ2n) is 6.49. The van der Waals surface area contributed by atoms with Crippen LogP contribution in [-0.2, 0) is 10.0 Å². The lowest BCUT2D eigenvalue weighted by Crippen LogP contribution is -2.17. The maximum absolute atomic E-state index is 12.8. The van der Waals surface area contributed by atoms with Crippen molar-refractivity contribution in [3.05, 3.63) is 67.1 Å². The summed E-state index contributed by atoms with van der Waals surface area (Å²) in [5.74, 6) is 0.189. The largest absolute Gasteiger partial charge is 0.573 e. The monoisotopic (exact) mass is 464 g/mol. The van der Waals surface area contributed by atoms with Gasteiger partial charge in [0.25, 0.3) is 10.0 Å². The summed E-state index contributed by atoms with van der Waals surface area (Å²) in [7, 11) is -2.75. The highest BCUT2D eigenvalue weighted by molar-refractivity contribution is 7.92. The molecule has 4 aromatic rings. The Kier molecular flexibility index (Phi) is 5.38. The number of anilines is 1. The van der Waals surface area contributed by atoms with Gasteiger partial charge >= 0.3 is 6.36 Å². The third-order valence-electron chi connectivity index (χ3n) is 4.34. The molecule has 2 heterocycles. The molecule has 0 spiro atoms. The minimum atomic E-state index is -4.88. The normalized spacial score (nSPS) is 12.0. The molecule has 0 aliphatic rings. The van der Waals surface area contributed by atoms with Crippen molar-refractivity contribution in [2.45, 2.75) is 11.3 Å². The zero-order valence-electron chi connectivity index (χ0n) is 16.4. The van der Waals surface area contributed by atoms with Gasteiger partial charge in [0.15, 0.2) is 0 Å². The molecule has 32 heavy (non-hydrogen) atoms. The smallest absolute Gasteiger partial charge is 0.495 e. The zero-order valence-corrected chi connectivity index (χ0v) is 17.2. The standard InChI is InChI=1S/C20H15F3N4O4S/c1-30-18-8-3-13(17-12-27-10-2-9-24-19(27)25-17)11-16(18)26-32(28,29)15-6-4-14(5-7-15)31-20(21,22)23/h2-12,26H,1H3. The number of halogens is 3. The van der Waals surface area contributed by atoms with Gasteiger partial charge in [0.2, 0.25) is 5.78 Å².